The number of non-ortho nitro benzene ring substituents is 1. The van der Waals surface area contributed by atoms with Crippen LogP contribution >= 0.6 is 0 Å². The molecule has 0 bridgehead atoms. The summed E-state index contributed by atoms with van der Waals surface area (Å²) in [7, 11) is 0. The first-order chi connectivity index (χ1) is 31.5. The zero-order chi connectivity index (χ0) is 47.1. The average molecular weight is 919 g/mol. The van der Waals surface area contributed by atoms with Crippen LogP contribution in [0.15, 0.2) is 78.9 Å². The van der Waals surface area contributed by atoms with Gasteiger partial charge < -0.3 is 30.6 Å². The SMILES string of the molecule is N=C(Cc1ccc(F)c(C(=O)N2CCN(C(=O)CN3CCC(CN4CCN(Cc5cc([N+](=O)[O-])ccc5OCc5ccc(F)c(C(F)(F)F)c5)CC4)CC3)CC2)c1)c1ccccc1C(N)=O. The smallest absolute Gasteiger partial charge is 0.419 e. The molecule has 3 saturated heterocycles. The lowest BCUT2D eigenvalue weighted by Gasteiger charge is -2.39. The molecule has 0 unspecified atom stereocenters. The second-order valence-electron chi connectivity index (χ2n) is 17.0. The zero-order valence-corrected chi connectivity index (χ0v) is 36.2. The Bertz CT molecular complexity index is 2450. The molecule has 3 aliphatic rings. The van der Waals surface area contributed by atoms with Gasteiger partial charge in [-0.25, -0.2) is 8.78 Å². The number of amides is 3. The standard InChI is InChI=1S/C47H51F5N8O6/c48-40-8-5-32(25-42(53)36-3-1-2-4-37(36)45(54)62)23-38(40)46(63)59-21-19-58(20-22-59)44(61)29-55-13-11-31(12-14-55)27-56-15-17-57(18-16-56)28-34-26-35(60(64)65)7-10-43(34)66-30-33-6-9-41(49)39(24-33)47(50,51)52/h1-10,23-24,26,31,53H,11-22,25,27-30H2,(H2,54,62). The highest BCUT2D eigenvalue weighted by Gasteiger charge is 2.35. The number of carbonyl (C=O) groups is 3. The van der Waals surface area contributed by atoms with Crippen LogP contribution in [0.5, 0.6) is 5.75 Å². The highest BCUT2D eigenvalue weighted by Crippen LogP contribution is 2.33. The Morgan fingerprint density at radius 2 is 1.38 bits per heavy atom. The van der Waals surface area contributed by atoms with Crippen LogP contribution in [0.1, 0.15) is 61.4 Å². The number of halogens is 5. The number of nitrogens with two attached hydrogens (primary N) is 1. The van der Waals surface area contributed by atoms with Crippen LogP contribution in [-0.4, -0.2) is 131 Å². The van der Waals surface area contributed by atoms with Crippen LogP contribution in [0.4, 0.5) is 27.6 Å². The molecule has 3 aliphatic heterocycles. The Morgan fingerprint density at radius 3 is 2.05 bits per heavy atom. The third-order valence-electron chi connectivity index (χ3n) is 12.5. The Kier molecular flexibility index (Phi) is 15.1. The average Bonchev–Trinajstić information content (AvgIpc) is 3.30. The van der Waals surface area contributed by atoms with Crippen molar-refractivity contribution in [3.63, 3.8) is 0 Å². The molecule has 350 valence electrons. The molecule has 0 spiro atoms. The minimum atomic E-state index is -4.87. The van der Waals surface area contributed by atoms with E-state index in [1.54, 1.807) is 23.1 Å². The molecule has 0 saturated carbocycles. The molecule has 19 heteroatoms. The molecule has 3 amide bonds. The van der Waals surface area contributed by atoms with E-state index in [9.17, 15) is 46.5 Å². The van der Waals surface area contributed by atoms with Gasteiger partial charge in [0.15, 0.2) is 0 Å². The minimum Gasteiger partial charge on any atom is -0.489 e. The van der Waals surface area contributed by atoms with E-state index in [1.807, 2.05) is 0 Å². The molecular weight excluding hydrogens is 868 g/mol. The highest BCUT2D eigenvalue weighted by molar-refractivity contribution is 6.09. The number of primary amides is 1. The summed E-state index contributed by atoms with van der Waals surface area (Å²) < 4.78 is 74.4. The largest absolute Gasteiger partial charge is 0.489 e. The van der Waals surface area contributed by atoms with Crippen molar-refractivity contribution in [3.8, 4) is 5.75 Å². The lowest BCUT2D eigenvalue weighted by molar-refractivity contribution is -0.385. The zero-order valence-electron chi connectivity index (χ0n) is 36.2. The van der Waals surface area contributed by atoms with Gasteiger partial charge in [0.25, 0.3) is 11.6 Å². The van der Waals surface area contributed by atoms with E-state index in [0.717, 1.165) is 51.6 Å². The number of nitro benzene ring substituents is 1. The summed E-state index contributed by atoms with van der Waals surface area (Å²) in [5, 5.41) is 20.1. The fraction of sp³-hybridized carbons (Fsp3) is 0.404. The molecule has 0 radical (unpaired) electrons. The van der Waals surface area contributed by atoms with Crippen LogP contribution in [-0.2, 0) is 30.5 Å². The summed E-state index contributed by atoms with van der Waals surface area (Å²) in [5.41, 5.74) is 5.66. The molecule has 3 fully saturated rings. The van der Waals surface area contributed by atoms with Crippen molar-refractivity contribution in [2.45, 2.75) is 38.6 Å². The molecule has 66 heavy (non-hydrogen) atoms. The van der Waals surface area contributed by atoms with E-state index in [0.29, 0.717) is 67.1 Å². The summed E-state index contributed by atoms with van der Waals surface area (Å²) in [6, 6.07) is 17.4. The van der Waals surface area contributed by atoms with Gasteiger partial charge in [-0.1, -0.05) is 30.3 Å². The molecule has 3 N–H and O–H groups in total. The Hall–Kier alpha value is -6.31. The molecule has 0 aromatic heterocycles. The molecule has 3 heterocycles. The van der Waals surface area contributed by atoms with Crippen LogP contribution in [0.3, 0.4) is 0 Å². The molecule has 0 atom stereocenters. The molecular formula is C47H51F5N8O6. The van der Waals surface area contributed by atoms with E-state index in [2.05, 4.69) is 14.7 Å². The number of nitro groups is 1. The Morgan fingerprint density at radius 1 is 0.742 bits per heavy atom. The normalized spacial score (nSPS) is 16.9. The third-order valence-corrected chi connectivity index (χ3v) is 12.5. The fourth-order valence-electron chi connectivity index (χ4n) is 8.77. The lowest BCUT2D eigenvalue weighted by Crippen LogP contribution is -2.53. The second kappa shape index (κ2) is 20.9. The van der Waals surface area contributed by atoms with Crippen molar-refractivity contribution in [2.75, 3.05) is 78.5 Å². The van der Waals surface area contributed by atoms with E-state index in [1.165, 1.54) is 53.4 Å². The van der Waals surface area contributed by atoms with Crippen molar-refractivity contribution >= 4 is 29.1 Å². The maximum Gasteiger partial charge on any atom is 0.419 e. The van der Waals surface area contributed by atoms with Gasteiger partial charge in [-0.3, -0.25) is 34.3 Å². The van der Waals surface area contributed by atoms with E-state index in [4.69, 9.17) is 15.9 Å². The molecule has 4 aromatic rings. The predicted octanol–water partition coefficient (Wildman–Crippen LogP) is 5.99. The Labute approximate surface area is 378 Å². The number of alkyl halides is 3. The number of nitrogens with one attached hydrogen (secondary N) is 1. The number of carbonyl (C=O) groups excluding carboxylic acids is 3. The van der Waals surface area contributed by atoms with Crippen molar-refractivity contribution in [3.05, 3.63) is 140 Å². The maximum atomic E-state index is 15.0. The van der Waals surface area contributed by atoms with E-state index in [-0.39, 0.29) is 66.7 Å². The van der Waals surface area contributed by atoms with Gasteiger partial charge in [-0.2, -0.15) is 13.2 Å². The summed E-state index contributed by atoms with van der Waals surface area (Å²) in [6.45, 7) is 6.77. The van der Waals surface area contributed by atoms with Crippen LogP contribution in [0.25, 0.3) is 0 Å². The first kappa shape index (κ1) is 47.6. The molecule has 0 aliphatic carbocycles. The van der Waals surface area contributed by atoms with Gasteiger partial charge in [0, 0.05) is 106 Å². The van der Waals surface area contributed by atoms with Crippen molar-refractivity contribution < 1.29 is 46.0 Å². The summed E-state index contributed by atoms with van der Waals surface area (Å²) >= 11 is 0. The second-order valence-corrected chi connectivity index (χ2v) is 17.0. The maximum absolute atomic E-state index is 15.0. The van der Waals surface area contributed by atoms with Crippen LogP contribution in [0, 0.1) is 33.1 Å². The lowest BCUT2D eigenvalue weighted by atomic mass is 9.96. The van der Waals surface area contributed by atoms with Gasteiger partial charge >= 0.3 is 6.18 Å². The van der Waals surface area contributed by atoms with E-state index < -0.39 is 40.1 Å². The number of hydrogen-bond acceptors (Lipinski definition) is 10. The number of piperazine rings is 2. The summed E-state index contributed by atoms with van der Waals surface area (Å²) in [4.78, 5) is 59.7. The first-order valence-corrected chi connectivity index (χ1v) is 21.8. The quantitative estimate of drug-likeness (QED) is 0.0630. The van der Waals surface area contributed by atoms with Crippen molar-refractivity contribution in [2.24, 2.45) is 11.7 Å². The number of piperidine rings is 1. The van der Waals surface area contributed by atoms with E-state index >= 15 is 0 Å². The highest BCUT2D eigenvalue weighted by atomic mass is 19.4. The number of benzene rings is 4. The van der Waals surface area contributed by atoms with Crippen molar-refractivity contribution in [1.29, 1.82) is 5.41 Å². The fourth-order valence-corrected chi connectivity index (χ4v) is 8.77. The monoisotopic (exact) mass is 918 g/mol. The number of ether oxygens (including phenoxy) is 1. The van der Waals surface area contributed by atoms with Gasteiger partial charge in [-0.15, -0.1) is 0 Å². The van der Waals surface area contributed by atoms with Gasteiger partial charge in [0.1, 0.15) is 24.0 Å². The van der Waals surface area contributed by atoms with Crippen molar-refractivity contribution in [1.82, 2.24) is 24.5 Å². The van der Waals surface area contributed by atoms with Crippen LogP contribution in [0.2, 0.25) is 0 Å². The minimum absolute atomic E-state index is 0.0250. The summed E-state index contributed by atoms with van der Waals surface area (Å²) in [5.74, 6) is -2.52. The number of rotatable bonds is 15. The third kappa shape index (κ3) is 11.9. The summed E-state index contributed by atoms with van der Waals surface area (Å²) in [6.07, 6.45) is -2.97. The van der Waals surface area contributed by atoms with Gasteiger partial charge in [0.2, 0.25) is 11.8 Å². The number of likely N-dealkylation sites (tertiary alicyclic amines) is 1. The van der Waals surface area contributed by atoms with Crippen LogP contribution < -0.4 is 10.5 Å². The topological polar surface area (TPSA) is 170 Å². The molecule has 7 rings (SSSR count). The predicted molar refractivity (Wildman–Crippen MR) is 234 cm³/mol. The molecule has 14 nitrogen and oxygen atoms in total. The molecule has 4 aromatic carbocycles. The Balaban J connectivity index is 0.828. The number of hydrogen-bond donors (Lipinski definition) is 2. The van der Waals surface area contributed by atoms with Gasteiger partial charge in [0.05, 0.1) is 22.6 Å². The number of nitrogens with zero attached hydrogens (tertiary/aromatic N) is 6. The first-order valence-electron chi connectivity index (χ1n) is 21.8. The van der Waals surface area contributed by atoms with Gasteiger partial charge in [-0.05, 0) is 79.4 Å².